The van der Waals surface area contributed by atoms with Crippen LogP contribution in [0.5, 0.6) is 5.75 Å². The monoisotopic (exact) mass is 264 g/mol. The number of nitrogens with zero attached hydrogens (tertiary/aromatic N) is 1. The fraction of sp³-hybridized carbons (Fsp3) is 0.533. The normalized spacial score (nSPS) is 12.1. The number of carbonyl (C=O) groups excluding carboxylic acids is 1. The summed E-state index contributed by atoms with van der Waals surface area (Å²) in [6, 6.07) is 6.02. The molecule has 1 atom stereocenters. The van der Waals surface area contributed by atoms with Crippen molar-refractivity contribution >= 4 is 5.91 Å². The lowest BCUT2D eigenvalue weighted by Crippen LogP contribution is -2.30. The van der Waals surface area contributed by atoms with Gasteiger partial charge in [0.15, 0.2) is 0 Å². The summed E-state index contributed by atoms with van der Waals surface area (Å²) in [5.41, 5.74) is 7.79. The van der Waals surface area contributed by atoms with Gasteiger partial charge in [0, 0.05) is 19.7 Å². The van der Waals surface area contributed by atoms with Gasteiger partial charge in [-0.2, -0.15) is 0 Å². The Morgan fingerprint density at radius 1 is 1.42 bits per heavy atom. The van der Waals surface area contributed by atoms with Crippen LogP contribution in [0.4, 0.5) is 0 Å². The zero-order valence-corrected chi connectivity index (χ0v) is 12.3. The van der Waals surface area contributed by atoms with Gasteiger partial charge < -0.3 is 15.4 Å². The van der Waals surface area contributed by atoms with E-state index in [0.717, 1.165) is 17.7 Å². The van der Waals surface area contributed by atoms with Crippen LogP contribution in [-0.2, 0) is 11.2 Å². The van der Waals surface area contributed by atoms with Crippen LogP contribution in [0.3, 0.4) is 0 Å². The fourth-order valence-electron chi connectivity index (χ4n) is 2.17. The molecule has 19 heavy (non-hydrogen) atoms. The average Bonchev–Trinajstić information content (AvgIpc) is 2.43. The van der Waals surface area contributed by atoms with E-state index < -0.39 is 0 Å². The maximum Gasteiger partial charge on any atom is 0.229 e. The molecule has 0 heterocycles. The van der Waals surface area contributed by atoms with E-state index in [-0.39, 0.29) is 11.8 Å². The lowest BCUT2D eigenvalue weighted by atomic mass is 9.91. The number of nitrogens with two attached hydrogens (primary N) is 1. The van der Waals surface area contributed by atoms with Crippen molar-refractivity contribution in [1.29, 1.82) is 0 Å². The van der Waals surface area contributed by atoms with Gasteiger partial charge >= 0.3 is 0 Å². The second-order valence-electron chi connectivity index (χ2n) is 4.79. The highest BCUT2D eigenvalue weighted by Crippen LogP contribution is 2.31. The smallest absolute Gasteiger partial charge is 0.229 e. The molecule has 0 spiro atoms. The number of rotatable bonds is 6. The molecule has 0 saturated heterocycles. The average molecular weight is 264 g/mol. The molecule has 4 nitrogen and oxygen atoms in total. The molecule has 0 saturated carbocycles. The van der Waals surface area contributed by atoms with Crippen molar-refractivity contribution in [3.05, 3.63) is 29.3 Å². The minimum atomic E-state index is -0.235. The Morgan fingerprint density at radius 2 is 2.11 bits per heavy atom. The zero-order valence-electron chi connectivity index (χ0n) is 12.3. The molecule has 1 rings (SSSR count). The van der Waals surface area contributed by atoms with E-state index in [9.17, 15) is 4.79 Å². The Morgan fingerprint density at radius 3 is 2.58 bits per heavy atom. The van der Waals surface area contributed by atoms with Gasteiger partial charge in [-0.05, 0) is 31.0 Å². The Balaban J connectivity index is 3.23. The number of ether oxygens (including phenoxy) is 1. The number of hydrogen-bond acceptors (Lipinski definition) is 3. The number of amides is 1. The highest BCUT2D eigenvalue weighted by molar-refractivity contribution is 5.84. The van der Waals surface area contributed by atoms with Gasteiger partial charge in [0.25, 0.3) is 0 Å². The first kappa shape index (κ1) is 15.5. The molecule has 0 aliphatic heterocycles. The van der Waals surface area contributed by atoms with Crippen LogP contribution in [-0.4, -0.2) is 38.6 Å². The van der Waals surface area contributed by atoms with Crippen LogP contribution < -0.4 is 10.5 Å². The predicted molar refractivity (Wildman–Crippen MR) is 77.5 cm³/mol. The molecular weight excluding hydrogens is 240 g/mol. The summed E-state index contributed by atoms with van der Waals surface area (Å²) < 4.78 is 5.39. The van der Waals surface area contributed by atoms with E-state index >= 15 is 0 Å². The van der Waals surface area contributed by atoms with Crippen molar-refractivity contribution in [1.82, 2.24) is 4.90 Å². The third-order valence-electron chi connectivity index (χ3n) is 3.27. The molecule has 1 unspecified atom stereocenters. The maximum atomic E-state index is 12.3. The molecule has 0 bridgehead atoms. The number of likely N-dealkylation sites (N-methyl/N-ethyl adjacent to an activating group) is 1. The molecule has 1 aromatic rings. The molecule has 2 N–H and O–H groups in total. The zero-order chi connectivity index (χ0) is 14.4. The summed E-state index contributed by atoms with van der Waals surface area (Å²) >= 11 is 0. The molecule has 0 fully saturated rings. The molecule has 1 aromatic carbocycles. The van der Waals surface area contributed by atoms with Crippen LogP contribution in [0.25, 0.3) is 0 Å². The first-order chi connectivity index (χ1) is 9.04. The standard InChI is InChI=1S/C15H24N2O2/c1-5-11-6-7-14(19-4)13(10-11)12(8-9-16)15(18)17(2)3/h6-7,10,12H,5,8-9,16H2,1-4H3. The topological polar surface area (TPSA) is 55.6 Å². The van der Waals surface area contributed by atoms with Gasteiger partial charge in [-0.1, -0.05) is 19.1 Å². The predicted octanol–water partition coefficient (Wildman–Crippen LogP) is 1.78. The minimum Gasteiger partial charge on any atom is -0.496 e. The second kappa shape index (κ2) is 7.14. The summed E-state index contributed by atoms with van der Waals surface area (Å²) in [7, 11) is 5.16. The Labute approximate surface area is 115 Å². The van der Waals surface area contributed by atoms with Gasteiger partial charge in [-0.25, -0.2) is 0 Å². The summed E-state index contributed by atoms with van der Waals surface area (Å²) in [4.78, 5) is 13.9. The molecule has 4 heteroatoms. The molecule has 0 aliphatic carbocycles. The van der Waals surface area contributed by atoms with E-state index in [0.29, 0.717) is 13.0 Å². The number of aryl methyl sites for hydroxylation is 1. The van der Waals surface area contributed by atoms with Crippen molar-refractivity contribution in [3.8, 4) is 5.75 Å². The molecule has 0 aliphatic rings. The van der Waals surface area contributed by atoms with Gasteiger partial charge in [-0.15, -0.1) is 0 Å². The van der Waals surface area contributed by atoms with Crippen LogP contribution in [0.2, 0.25) is 0 Å². The van der Waals surface area contributed by atoms with E-state index in [1.165, 1.54) is 5.56 Å². The lowest BCUT2D eigenvalue weighted by Gasteiger charge is -2.22. The Hall–Kier alpha value is -1.55. The van der Waals surface area contributed by atoms with E-state index in [4.69, 9.17) is 10.5 Å². The molecule has 0 radical (unpaired) electrons. The van der Waals surface area contributed by atoms with Gasteiger partial charge in [-0.3, -0.25) is 4.79 Å². The maximum absolute atomic E-state index is 12.3. The van der Waals surface area contributed by atoms with E-state index in [1.807, 2.05) is 12.1 Å². The summed E-state index contributed by atoms with van der Waals surface area (Å²) in [6.07, 6.45) is 1.56. The molecular formula is C15H24N2O2. The van der Waals surface area contributed by atoms with Crippen molar-refractivity contribution in [2.45, 2.75) is 25.7 Å². The van der Waals surface area contributed by atoms with Crippen molar-refractivity contribution in [2.75, 3.05) is 27.7 Å². The van der Waals surface area contributed by atoms with Crippen LogP contribution in [0.1, 0.15) is 30.4 Å². The minimum absolute atomic E-state index is 0.0667. The first-order valence-corrected chi connectivity index (χ1v) is 6.63. The third kappa shape index (κ3) is 3.70. The number of benzene rings is 1. The van der Waals surface area contributed by atoms with Gasteiger partial charge in [0.1, 0.15) is 5.75 Å². The summed E-state index contributed by atoms with van der Waals surface area (Å²) in [6.45, 7) is 2.57. The summed E-state index contributed by atoms with van der Waals surface area (Å²) in [5, 5.41) is 0. The quantitative estimate of drug-likeness (QED) is 0.852. The number of hydrogen-bond donors (Lipinski definition) is 1. The molecule has 1 amide bonds. The van der Waals surface area contributed by atoms with Gasteiger partial charge in [0.05, 0.1) is 13.0 Å². The third-order valence-corrected chi connectivity index (χ3v) is 3.27. The Kier molecular flexibility index (Phi) is 5.83. The van der Waals surface area contributed by atoms with Gasteiger partial charge in [0.2, 0.25) is 5.91 Å². The highest BCUT2D eigenvalue weighted by Gasteiger charge is 2.24. The lowest BCUT2D eigenvalue weighted by molar-refractivity contribution is -0.130. The summed E-state index contributed by atoms with van der Waals surface area (Å²) in [5.74, 6) is 0.587. The largest absolute Gasteiger partial charge is 0.496 e. The fourth-order valence-corrected chi connectivity index (χ4v) is 2.17. The SMILES string of the molecule is CCc1ccc(OC)c(C(CCN)C(=O)N(C)C)c1. The van der Waals surface area contributed by atoms with E-state index in [1.54, 1.807) is 26.1 Å². The van der Waals surface area contributed by atoms with Crippen LogP contribution >= 0.6 is 0 Å². The molecule has 0 aromatic heterocycles. The van der Waals surface area contributed by atoms with Crippen molar-refractivity contribution in [2.24, 2.45) is 5.73 Å². The van der Waals surface area contributed by atoms with Crippen molar-refractivity contribution in [3.63, 3.8) is 0 Å². The second-order valence-corrected chi connectivity index (χ2v) is 4.79. The van der Waals surface area contributed by atoms with Crippen LogP contribution in [0.15, 0.2) is 18.2 Å². The van der Waals surface area contributed by atoms with Crippen molar-refractivity contribution < 1.29 is 9.53 Å². The number of methoxy groups -OCH3 is 1. The highest BCUT2D eigenvalue weighted by atomic mass is 16.5. The first-order valence-electron chi connectivity index (χ1n) is 6.63. The van der Waals surface area contributed by atoms with E-state index in [2.05, 4.69) is 13.0 Å². The molecule has 106 valence electrons. The van der Waals surface area contributed by atoms with Crippen LogP contribution in [0, 0.1) is 0 Å². The number of carbonyl (C=O) groups is 1. The Bertz CT molecular complexity index is 430.